The molecule has 3 nitrogen and oxygen atoms in total. The zero-order valence-corrected chi connectivity index (χ0v) is 8.50. The molecule has 0 bridgehead atoms. The highest BCUT2D eigenvalue weighted by Crippen LogP contribution is 2.11. The summed E-state index contributed by atoms with van der Waals surface area (Å²) >= 11 is 3.30. The lowest BCUT2D eigenvalue weighted by Gasteiger charge is -2.14. The molecule has 2 atom stereocenters. The highest BCUT2D eigenvalue weighted by Gasteiger charge is 2.29. The van der Waals surface area contributed by atoms with E-state index in [9.17, 15) is 10.2 Å². The minimum Gasteiger partial charge on any atom is -0.389 e. The molecule has 0 amide bonds. The summed E-state index contributed by atoms with van der Waals surface area (Å²) in [5.74, 6) is 0. The largest absolute Gasteiger partial charge is 0.389 e. The van der Waals surface area contributed by atoms with E-state index in [-0.39, 0.29) is 0 Å². The Kier molecular flexibility index (Phi) is 3.71. The van der Waals surface area contributed by atoms with Crippen LogP contribution < -0.4 is 0 Å². The molecule has 0 aliphatic carbocycles. The number of aliphatic hydroxyl groups is 2. The molecule has 1 rings (SSSR count). The van der Waals surface area contributed by atoms with E-state index >= 15 is 0 Å². The number of aliphatic hydroxyl groups excluding tert-OH is 2. The Morgan fingerprint density at radius 2 is 1.92 bits per heavy atom. The molecular weight excluding hydrogens is 222 g/mol. The van der Waals surface area contributed by atoms with Crippen LogP contribution in [0.2, 0.25) is 0 Å². The summed E-state index contributed by atoms with van der Waals surface area (Å²) in [6.45, 7) is 5.68. The number of halogens is 1. The van der Waals surface area contributed by atoms with Crippen molar-refractivity contribution in [2.24, 2.45) is 0 Å². The topological polar surface area (TPSA) is 43.7 Å². The van der Waals surface area contributed by atoms with Gasteiger partial charge in [0, 0.05) is 25.0 Å². The third-order valence-corrected chi connectivity index (χ3v) is 2.76. The number of β-amino-alcohol motifs (C(OH)–C–C–N with tert-alkyl or cyclic N) is 2. The van der Waals surface area contributed by atoms with Crippen molar-refractivity contribution in [2.45, 2.75) is 12.2 Å². The van der Waals surface area contributed by atoms with Gasteiger partial charge in [0.15, 0.2) is 0 Å². The van der Waals surface area contributed by atoms with Crippen molar-refractivity contribution in [3.8, 4) is 0 Å². The molecule has 1 heterocycles. The normalized spacial score (nSPS) is 30.9. The van der Waals surface area contributed by atoms with E-state index in [4.69, 9.17) is 0 Å². The number of hydrogen-bond acceptors (Lipinski definition) is 3. The lowest BCUT2D eigenvalue weighted by atomic mass is 10.3. The smallest absolute Gasteiger partial charge is 0.0938 e. The minimum absolute atomic E-state index is 0.549. The fourth-order valence-electron chi connectivity index (χ4n) is 1.33. The van der Waals surface area contributed by atoms with Gasteiger partial charge in [-0.1, -0.05) is 28.1 Å². The summed E-state index contributed by atoms with van der Waals surface area (Å²) in [4.78, 5) is 2.00. The van der Waals surface area contributed by atoms with Gasteiger partial charge in [0.25, 0.3) is 0 Å². The predicted octanol–water partition coefficient (Wildman–Crippen LogP) is -0.0251. The first-order chi connectivity index (χ1) is 5.63. The molecule has 0 saturated carbocycles. The molecule has 0 aromatic carbocycles. The summed E-state index contributed by atoms with van der Waals surface area (Å²) in [5.41, 5.74) is 1.07. The molecule has 70 valence electrons. The number of rotatable bonds is 3. The zero-order valence-electron chi connectivity index (χ0n) is 6.91. The van der Waals surface area contributed by atoms with Gasteiger partial charge in [-0.05, 0) is 0 Å². The maximum absolute atomic E-state index is 9.22. The van der Waals surface area contributed by atoms with Crippen LogP contribution in [0.15, 0.2) is 12.2 Å². The van der Waals surface area contributed by atoms with Gasteiger partial charge >= 0.3 is 0 Å². The van der Waals surface area contributed by atoms with E-state index in [1.54, 1.807) is 0 Å². The predicted molar refractivity (Wildman–Crippen MR) is 51.4 cm³/mol. The van der Waals surface area contributed by atoms with Gasteiger partial charge in [-0.15, -0.1) is 0 Å². The van der Waals surface area contributed by atoms with Crippen molar-refractivity contribution in [3.63, 3.8) is 0 Å². The first-order valence-electron chi connectivity index (χ1n) is 3.94. The molecule has 0 spiro atoms. The molecular formula is C8H14BrNO2. The molecule has 4 heteroatoms. The Morgan fingerprint density at radius 1 is 1.42 bits per heavy atom. The van der Waals surface area contributed by atoms with Crippen LogP contribution in [0.3, 0.4) is 0 Å². The molecule has 0 aromatic heterocycles. The lowest BCUT2D eigenvalue weighted by molar-refractivity contribution is 0.0572. The molecule has 0 aromatic rings. The standard InChI is InChI=1S/C8H14BrNO2/c1-6(2-9)3-10-4-7(11)8(12)5-10/h7-8,11-12H,1-5H2. The maximum atomic E-state index is 9.22. The number of alkyl halides is 1. The number of likely N-dealkylation sites (tertiary alicyclic amines) is 1. The third-order valence-electron chi connectivity index (χ3n) is 1.97. The van der Waals surface area contributed by atoms with E-state index in [2.05, 4.69) is 22.5 Å². The molecule has 1 aliphatic heterocycles. The van der Waals surface area contributed by atoms with Crippen molar-refractivity contribution in [2.75, 3.05) is 25.0 Å². The molecule has 2 unspecified atom stereocenters. The fraction of sp³-hybridized carbons (Fsp3) is 0.750. The van der Waals surface area contributed by atoms with Gasteiger partial charge in [-0.2, -0.15) is 0 Å². The van der Waals surface area contributed by atoms with Crippen molar-refractivity contribution in [3.05, 3.63) is 12.2 Å². The van der Waals surface area contributed by atoms with E-state index < -0.39 is 12.2 Å². The van der Waals surface area contributed by atoms with Crippen molar-refractivity contribution < 1.29 is 10.2 Å². The van der Waals surface area contributed by atoms with Crippen LogP contribution in [0.1, 0.15) is 0 Å². The summed E-state index contributed by atoms with van der Waals surface area (Å²) in [6.07, 6.45) is -1.18. The van der Waals surface area contributed by atoms with Gasteiger partial charge in [0.2, 0.25) is 0 Å². The highest BCUT2D eigenvalue weighted by molar-refractivity contribution is 9.09. The van der Waals surface area contributed by atoms with Crippen LogP contribution in [-0.4, -0.2) is 52.3 Å². The van der Waals surface area contributed by atoms with Crippen LogP contribution >= 0.6 is 15.9 Å². The maximum Gasteiger partial charge on any atom is 0.0938 e. The van der Waals surface area contributed by atoms with Gasteiger partial charge < -0.3 is 10.2 Å². The van der Waals surface area contributed by atoms with E-state index in [1.165, 1.54) is 0 Å². The Balaban J connectivity index is 2.32. The summed E-state index contributed by atoms with van der Waals surface area (Å²) in [5, 5.41) is 19.2. The quantitative estimate of drug-likeness (QED) is 0.534. The average molecular weight is 236 g/mol. The Morgan fingerprint density at radius 3 is 2.33 bits per heavy atom. The highest BCUT2D eigenvalue weighted by atomic mass is 79.9. The van der Waals surface area contributed by atoms with Crippen LogP contribution in [0.5, 0.6) is 0 Å². The van der Waals surface area contributed by atoms with Crippen LogP contribution in [0.4, 0.5) is 0 Å². The van der Waals surface area contributed by atoms with E-state index in [0.29, 0.717) is 13.1 Å². The molecule has 2 N–H and O–H groups in total. The van der Waals surface area contributed by atoms with E-state index in [0.717, 1.165) is 17.4 Å². The Labute approximate surface area is 80.8 Å². The second kappa shape index (κ2) is 4.37. The molecule has 1 fully saturated rings. The van der Waals surface area contributed by atoms with Gasteiger partial charge in [-0.25, -0.2) is 0 Å². The summed E-state index contributed by atoms with van der Waals surface area (Å²) < 4.78 is 0. The molecule has 12 heavy (non-hydrogen) atoms. The SMILES string of the molecule is C=C(CBr)CN1CC(O)C(O)C1. The Bertz CT molecular complexity index is 164. The van der Waals surface area contributed by atoms with Gasteiger partial charge in [0.05, 0.1) is 12.2 Å². The van der Waals surface area contributed by atoms with E-state index in [1.807, 2.05) is 4.90 Å². The van der Waals surface area contributed by atoms with Crippen LogP contribution in [0.25, 0.3) is 0 Å². The van der Waals surface area contributed by atoms with Crippen molar-refractivity contribution in [1.29, 1.82) is 0 Å². The summed E-state index contributed by atoms with van der Waals surface area (Å²) in [6, 6.07) is 0. The monoisotopic (exact) mass is 235 g/mol. The fourth-order valence-corrected chi connectivity index (χ4v) is 1.51. The Hall–Kier alpha value is 0.1000. The van der Waals surface area contributed by atoms with Gasteiger partial charge in [-0.3, -0.25) is 4.90 Å². The third kappa shape index (κ3) is 2.55. The number of hydrogen-bond donors (Lipinski definition) is 2. The minimum atomic E-state index is -0.590. The zero-order chi connectivity index (χ0) is 9.14. The second-order valence-corrected chi connectivity index (χ2v) is 3.77. The van der Waals surface area contributed by atoms with Crippen LogP contribution in [0, 0.1) is 0 Å². The lowest BCUT2D eigenvalue weighted by Crippen LogP contribution is -2.24. The molecule has 1 aliphatic rings. The second-order valence-electron chi connectivity index (χ2n) is 3.21. The summed E-state index contributed by atoms with van der Waals surface area (Å²) in [7, 11) is 0. The molecule has 1 saturated heterocycles. The van der Waals surface area contributed by atoms with Crippen molar-refractivity contribution >= 4 is 15.9 Å². The molecule has 0 radical (unpaired) electrons. The van der Waals surface area contributed by atoms with Crippen molar-refractivity contribution in [1.82, 2.24) is 4.90 Å². The number of nitrogens with zero attached hydrogens (tertiary/aromatic N) is 1. The first kappa shape index (κ1) is 10.2. The van der Waals surface area contributed by atoms with Gasteiger partial charge in [0.1, 0.15) is 0 Å². The average Bonchev–Trinajstić information content (AvgIpc) is 2.31. The first-order valence-corrected chi connectivity index (χ1v) is 5.06. The van der Waals surface area contributed by atoms with Crippen LogP contribution in [-0.2, 0) is 0 Å².